The molecule has 4 rings (SSSR count). The molecule has 0 spiro atoms. The summed E-state index contributed by atoms with van der Waals surface area (Å²) in [6.45, 7) is 4.22. The van der Waals surface area contributed by atoms with Gasteiger partial charge in [-0.15, -0.1) is 10.2 Å². The van der Waals surface area contributed by atoms with Crippen molar-refractivity contribution in [3.63, 3.8) is 0 Å². The van der Waals surface area contributed by atoms with Crippen LogP contribution in [0.2, 0.25) is 0 Å². The molecule has 0 aliphatic rings. The lowest BCUT2D eigenvalue weighted by molar-refractivity contribution is 1.10. The van der Waals surface area contributed by atoms with Crippen LogP contribution in [-0.4, -0.2) is 9.38 Å². The second-order valence-corrected chi connectivity index (χ2v) is 6.30. The maximum Gasteiger partial charge on any atom is 0.187 e. The molecule has 2 aromatic carbocycles. The molecule has 0 fully saturated rings. The van der Waals surface area contributed by atoms with Crippen LogP contribution in [0.1, 0.15) is 18.1 Å². The number of azo groups is 1. The van der Waals surface area contributed by atoms with Gasteiger partial charge in [-0.3, -0.25) is 4.40 Å². The van der Waals surface area contributed by atoms with Gasteiger partial charge in [0.05, 0.1) is 5.69 Å². The number of aromatic nitrogens is 2. The molecule has 4 heteroatoms. The molecule has 0 radical (unpaired) electrons. The number of hydrogen-bond donors (Lipinski definition) is 0. The summed E-state index contributed by atoms with van der Waals surface area (Å²) < 4.78 is 1.97. The molecule has 0 atom stereocenters. The smallest absolute Gasteiger partial charge is 0.187 e. The van der Waals surface area contributed by atoms with Gasteiger partial charge in [-0.2, -0.15) is 0 Å². The first-order valence-electron chi connectivity index (χ1n) is 8.79. The van der Waals surface area contributed by atoms with Crippen molar-refractivity contribution in [1.29, 1.82) is 0 Å². The Morgan fingerprint density at radius 1 is 0.885 bits per heavy atom. The molecule has 128 valence electrons. The van der Waals surface area contributed by atoms with Gasteiger partial charge in [-0.25, -0.2) is 4.98 Å². The summed E-state index contributed by atoms with van der Waals surface area (Å²) >= 11 is 0. The largest absolute Gasteiger partial charge is 0.283 e. The van der Waals surface area contributed by atoms with E-state index in [-0.39, 0.29) is 0 Å². The van der Waals surface area contributed by atoms with Crippen LogP contribution >= 0.6 is 0 Å². The maximum atomic E-state index is 4.76. The first kappa shape index (κ1) is 16.2. The fourth-order valence-electron chi connectivity index (χ4n) is 2.89. The van der Waals surface area contributed by atoms with Crippen LogP contribution in [0.15, 0.2) is 83.2 Å². The quantitative estimate of drug-likeness (QED) is 0.403. The zero-order valence-corrected chi connectivity index (χ0v) is 14.9. The summed E-state index contributed by atoms with van der Waals surface area (Å²) in [5, 5.41) is 8.99. The lowest BCUT2D eigenvalue weighted by Crippen LogP contribution is -1.82. The number of fused-ring (bicyclic) bond motifs is 1. The van der Waals surface area contributed by atoms with Crippen molar-refractivity contribution in [2.45, 2.75) is 20.3 Å². The van der Waals surface area contributed by atoms with Crippen molar-refractivity contribution in [2.75, 3.05) is 0 Å². The van der Waals surface area contributed by atoms with E-state index in [1.54, 1.807) is 0 Å². The van der Waals surface area contributed by atoms with E-state index in [1.165, 1.54) is 11.1 Å². The van der Waals surface area contributed by atoms with Crippen LogP contribution in [0.5, 0.6) is 0 Å². The third kappa shape index (κ3) is 3.14. The highest BCUT2D eigenvalue weighted by Crippen LogP contribution is 2.32. The minimum Gasteiger partial charge on any atom is -0.283 e. The lowest BCUT2D eigenvalue weighted by Gasteiger charge is -2.01. The summed E-state index contributed by atoms with van der Waals surface area (Å²) in [4.78, 5) is 4.76. The van der Waals surface area contributed by atoms with Gasteiger partial charge < -0.3 is 0 Å². The summed E-state index contributed by atoms with van der Waals surface area (Å²) in [5.74, 6) is 0.740. The summed E-state index contributed by atoms with van der Waals surface area (Å²) in [7, 11) is 0. The molecule has 2 aromatic heterocycles. The predicted molar refractivity (Wildman–Crippen MR) is 105 cm³/mol. The van der Waals surface area contributed by atoms with Crippen LogP contribution in [0.25, 0.3) is 16.9 Å². The van der Waals surface area contributed by atoms with Crippen molar-refractivity contribution >= 4 is 17.2 Å². The van der Waals surface area contributed by atoms with Crippen LogP contribution in [0, 0.1) is 6.92 Å². The Kier molecular flexibility index (Phi) is 4.32. The zero-order chi connectivity index (χ0) is 17.9. The van der Waals surface area contributed by atoms with E-state index in [0.29, 0.717) is 0 Å². The number of imidazole rings is 1. The molecular formula is C22H20N4. The summed E-state index contributed by atoms with van der Waals surface area (Å²) in [5.41, 5.74) is 6.08. The SMILES string of the molecule is CCc1ccc(N=Nc2c(-c3ccc(C)cc3)nc3ccccn23)cc1. The van der Waals surface area contributed by atoms with Crippen molar-refractivity contribution in [1.82, 2.24) is 9.38 Å². The molecule has 0 saturated carbocycles. The monoisotopic (exact) mass is 340 g/mol. The van der Waals surface area contributed by atoms with E-state index >= 15 is 0 Å². The van der Waals surface area contributed by atoms with Gasteiger partial charge in [0.1, 0.15) is 11.3 Å². The Balaban J connectivity index is 1.80. The molecular weight excluding hydrogens is 320 g/mol. The lowest BCUT2D eigenvalue weighted by atomic mass is 10.1. The highest BCUT2D eigenvalue weighted by atomic mass is 15.2. The van der Waals surface area contributed by atoms with E-state index in [2.05, 4.69) is 60.5 Å². The molecule has 0 amide bonds. The van der Waals surface area contributed by atoms with Crippen molar-refractivity contribution in [3.8, 4) is 11.3 Å². The van der Waals surface area contributed by atoms with Crippen LogP contribution in [0.3, 0.4) is 0 Å². The second-order valence-electron chi connectivity index (χ2n) is 6.30. The third-order valence-electron chi connectivity index (χ3n) is 4.43. The Hall–Kier alpha value is -3.27. The zero-order valence-electron chi connectivity index (χ0n) is 14.9. The molecule has 0 saturated heterocycles. The van der Waals surface area contributed by atoms with Crippen molar-refractivity contribution in [2.24, 2.45) is 10.2 Å². The molecule has 2 heterocycles. The topological polar surface area (TPSA) is 42.0 Å². The van der Waals surface area contributed by atoms with Gasteiger partial charge in [0.2, 0.25) is 0 Å². The fourth-order valence-corrected chi connectivity index (χ4v) is 2.89. The molecule has 0 unspecified atom stereocenters. The molecule has 4 nitrogen and oxygen atoms in total. The Morgan fingerprint density at radius 3 is 2.38 bits per heavy atom. The van der Waals surface area contributed by atoms with Gasteiger partial charge in [0.25, 0.3) is 0 Å². The number of benzene rings is 2. The number of hydrogen-bond acceptors (Lipinski definition) is 3. The van der Waals surface area contributed by atoms with Crippen molar-refractivity contribution < 1.29 is 0 Å². The average Bonchev–Trinajstić information content (AvgIpc) is 3.06. The van der Waals surface area contributed by atoms with Gasteiger partial charge >= 0.3 is 0 Å². The molecule has 26 heavy (non-hydrogen) atoms. The maximum absolute atomic E-state index is 4.76. The van der Waals surface area contributed by atoms with E-state index in [0.717, 1.165) is 34.8 Å². The van der Waals surface area contributed by atoms with Crippen LogP contribution < -0.4 is 0 Å². The molecule has 0 N–H and O–H groups in total. The van der Waals surface area contributed by atoms with Crippen LogP contribution in [0.4, 0.5) is 11.5 Å². The number of aryl methyl sites for hydroxylation is 2. The Morgan fingerprint density at radius 2 is 1.65 bits per heavy atom. The summed E-state index contributed by atoms with van der Waals surface area (Å²) in [6, 6.07) is 22.4. The van der Waals surface area contributed by atoms with Gasteiger partial charge in [-0.05, 0) is 43.2 Å². The Bertz CT molecular complexity index is 1060. The number of nitrogens with zero attached hydrogens (tertiary/aromatic N) is 4. The van der Waals surface area contributed by atoms with Crippen LogP contribution in [-0.2, 0) is 6.42 Å². The van der Waals surface area contributed by atoms with Crippen molar-refractivity contribution in [3.05, 3.63) is 84.1 Å². The summed E-state index contributed by atoms with van der Waals surface area (Å²) in [6.07, 6.45) is 2.98. The highest BCUT2D eigenvalue weighted by molar-refractivity contribution is 5.74. The number of pyridine rings is 1. The van der Waals surface area contributed by atoms with E-state index in [9.17, 15) is 0 Å². The molecule has 4 aromatic rings. The van der Waals surface area contributed by atoms with E-state index in [1.807, 2.05) is 40.9 Å². The van der Waals surface area contributed by atoms with Gasteiger partial charge in [0, 0.05) is 11.8 Å². The standard InChI is InChI=1S/C22H20N4/c1-3-17-9-13-19(14-10-17)24-25-22-21(18-11-7-16(2)8-12-18)23-20-6-4-5-15-26(20)22/h4-15H,3H2,1-2H3. The normalized spacial score (nSPS) is 11.5. The first-order chi connectivity index (χ1) is 12.7. The second kappa shape index (κ2) is 6.92. The van der Waals surface area contributed by atoms with E-state index < -0.39 is 0 Å². The minimum absolute atomic E-state index is 0.740. The van der Waals surface area contributed by atoms with E-state index in [4.69, 9.17) is 4.98 Å². The van der Waals surface area contributed by atoms with Gasteiger partial charge in [0.15, 0.2) is 5.82 Å². The third-order valence-corrected chi connectivity index (χ3v) is 4.43. The Labute approximate surface area is 152 Å². The van der Waals surface area contributed by atoms with Gasteiger partial charge in [-0.1, -0.05) is 55.0 Å². The minimum atomic E-state index is 0.740. The molecule has 0 bridgehead atoms. The fraction of sp³-hybridized carbons (Fsp3) is 0.136. The molecule has 0 aliphatic heterocycles. The number of rotatable bonds is 4. The highest BCUT2D eigenvalue weighted by Gasteiger charge is 2.13. The average molecular weight is 340 g/mol. The predicted octanol–water partition coefficient (Wildman–Crippen LogP) is 6.29. The first-order valence-corrected chi connectivity index (χ1v) is 8.79. The molecule has 0 aliphatic carbocycles.